The predicted octanol–water partition coefficient (Wildman–Crippen LogP) is 1.15. The Labute approximate surface area is 341 Å². The smallest absolute Gasteiger partial charge is 0.324 e. The van der Waals surface area contributed by atoms with Gasteiger partial charge < -0.3 is 60.0 Å². The van der Waals surface area contributed by atoms with Crippen molar-refractivity contribution >= 4 is 11.4 Å². The number of methoxy groups -OCH3 is 3. The second-order valence-corrected chi connectivity index (χ2v) is 10.8. The number of para-hydroxylation sites is 2. The molecule has 0 bridgehead atoms. The summed E-state index contributed by atoms with van der Waals surface area (Å²) in [6.45, 7) is 0.187. The molecule has 2 saturated heterocycles. The number of aromatic amines is 2. The van der Waals surface area contributed by atoms with Crippen molar-refractivity contribution in [2.24, 2.45) is 9.98 Å². The van der Waals surface area contributed by atoms with Crippen LogP contribution in [0.3, 0.4) is 0 Å². The van der Waals surface area contributed by atoms with Crippen LogP contribution in [-0.4, -0.2) is 95.5 Å². The average molecular weight is 858 g/mol. The maximum Gasteiger partial charge on any atom is 0.324 e. The summed E-state index contributed by atoms with van der Waals surface area (Å²) in [6.07, 6.45) is -6.72. The first-order valence-corrected chi connectivity index (χ1v) is 15.0. The third kappa shape index (κ3) is 10.8. The maximum absolute atomic E-state index is 14.6. The molecular formula is C33H34F2N6O8Y2-4. The van der Waals surface area contributed by atoms with Gasteiger partial charge in [-0.3, -0.25) is 9.98 Å². The zero-order valence-corrected chi connectivity index (χ0v) is 33.5. The number of hydrogen-bond donors (Lipinski definition) is 3. The molecule has 0 saturated carbocycles. The summed E-state index contributed by atoms with van der Waals surface area (Å²) in [5.74, 6) is 0. The normalized spacial score (nSPS) is 26.2. The van der Waals surface area contributed by atoms with Crippen molar-refractivity contribution in [2.75, 3.05) is 34.5 Å². The van der Waals surface area contributed by atoms with Crippen LogP contribution in [0, 0.1) is 24.3 Å². The molecular weight excluding hydrogens is 824 g/mol. The summed E-state index contributed by atoms with van der Waals surface area (Å²) >= 11 is 0. The van der Waals surface area contributed by atoms with Crippen LogP contribution in [-0.2, 0) is 89.1 Å². The SMILES string of the molecule is COC[C@H]1O[C@@H](n2c[c-]c(=Nc3[c-]cccc3)[nH]c2=O)[C@@H](F)C1O.COC[C@H]1O[C@@H](n2c[c-]c(=Nc3[c-]cccc3)[nH]c2=O)[C@@H](F)C1OC.[Y].[Y]. The van der Waals surface area contributed by atoms with E-state index < -0.39 is 60.6 Å². The van der Waals surface area contributed by atoms with Crippen molar-refractivity contribution in [3.63, 3.8) is 0 Å². The molecule has 4 aromatic rings. The number of H-pyrrole nitrogens is 2. The molecule has 2 aromatic heterocycles. The molecule has 0 aliphatic carbocycles. The minimum absolute atomic E-state index is 0. The van der Waals surface area contributed by atoms with Gasteiger partial charge in [-0.2, -0.15) is 60.9 Å². The average Bonchev–Trinajstić information content (AvgIpc) is 3.56. The van der Waals surface area contributed by atoms with Crippen molar-refractivity contribution in [1.82, 2.24) is 19.1 Å². The standard InChI is InChI=1S/C17H18FN3O4.C16H16FN3O4.2Y/c1-23-10-12-15(24-2)14(18)16(25-12)21-9-8-13(20-17(21)22)19-11-6-4-3-5-7-11;1-23-9-11-14(21)13(17)15(24-11)20-8-7-12(19-16(20)22)18-10-5-3-2-4-6-10;;/h3-6,9,12,14-16H,10H2,1-2H3,(H,19,20,22);2-5,8,11,13-15,21H,9H2,1H3,(H,18,19,22);;/q2*-2;;/t12-,14+,15?,16-;11-,13+,14?,15-;;/m11../s1. The number of alkyl halides is 2. The molecule has 51 heavy (non-hydrogen) atoms. The van der Waals surface area contributed by atoms with E-state index in [1.54, 1.807) is 42.5 Å². The van der Waals surface area contributed by atoms with Crippen LogP contribution >= 0.6 is 0 Å². The largest absolute Gasteiger partial charge is 0.410 e. The number of nitrogens with one attached hydrogen (secondary N) is 2. The molecule has 0 amide bonds. The van der Waals surface area contributed by atoms with Gasteiger partial charge in [0.05, 0.1) is 13.2 Å². The molecule has 2 radical (unpaired) electrons. The Kier molecular flexibility index (Phi) is 17.5. The van der Waals surface area contributed by atoms with Gasteiger partial charge >= 0.3 is 11.4 Å². The van der Waals surface area contributed by atoms with Gasteiger partial charge in [0, 0.05) is 86.7 Å². The van der Waals surface area contributed by atoms with Gasteiger partial charge in [0.25, 0.3) is 0 Å². The van der Waals surface area contributed by atoms with E-state index in [9.17, 15) is 23.5 Å². The third-order valence-corrected chi connectivity index (χ3v) is 7.49. The van der Waals surface area contributed by atoms with E-state index in [1.165, 1.54) is 33.7 Å². The summed E-state index contributed by atoms with van der Waals surface area (Å²) < 4.78 is 57.0. The van der Waals surface area contributed by atoms with Crippen molar-refractivity contribution < 1.29 is 103 Å². The van der Waals surface area contributed by atoms with Crippen molar-refractivity contribution in [3.8, 4) is 0 Å². The molecule has 18 heteroatoms. The zero-order valence-electron chi connectivity index (χ0n) is 27.8. The number of benzene rings is 2. The maximum atomic E-state index is 14.6. The Morgan fingerprint density at radius 2 is 1.24 bits per heavy atom. The number of halogens is 2. The molecule has 3 N–H and O–H groups in total. The fourth-order valence-electron chi connectivity index (χ4n) is 5.16. The Morgan fingerprint density at radius 1 is 0.765 bits per heavy atom. The number of nitrogens with zero attached hydrogens (tertiary/aromatic N) is 4. The zero-order chi connectivity index (χ0) is 34.9. The second kappa shape index (κ2) is 20.8. The fraction of sp³-hybridized carbons (Fsp3) is 0.394. The predicted molar refractivity (Wildman–Crippen MR) is 167 cm³/mol. The van der Waals surface area contributed by atoms with Crippen LogP contribution in [0.5, 0.6) is 0 Å². The Hall–Kier alpha value is -2.37. The number of rotatable bonds is 9. The molecule has 4 heterocycles. The molecule has 2 aliphatic rings. The molecule has 268 valence electrons. The summed E-state index contributed by atoms with van der Waals surface area (Å²) in [6, 6.07) is 25.4. The number of aliphatic hydroxyl groups is 1. The topological polar surface area (TPSA) is 167 Å². The van der Waals surface area contributed by atoms with Gasteiger partial charge in [-0.1, -0.05) is 11.4 Å². The van der Waals surface area contributed by atoms with Crippen molar-refractivity contribution in [2.45, 2.75) is 49.2 Å². The van der Waals surface area contributed by atoms with Gasteiger partial charge in [-0.05, 0) is 11.0 Å². The first kappa shape index (κ1) is 43.0. The van der Waals surface area contributed by atoms with Gasteiger partial charge in [-0.15, -0.1) is 12.1 Å². The summed E-state index contributed by atoms with van der Waals surface area (Å²) in [4.78, 5) is 37.9. The summed E-state index contributed by atoms with van der Waals surface area (Å²) in [5.41, 5.74) is 0.288. The number of aliphatic hydroxyl groups excluding tert-OH is 1. The van der Waals surface area contributed by atoms with Crippen LogP contribution < -0.4 is 22.4 Å². The van der Waals surface area contributed by atoms with Gasteiger partial charge in [0.1, 0.15) is 24.4 Å². The van der Waals surface area contributed by atoms with E-state index in [1.807, 2.05) is 6.07 Å². The number of hydrogen-bond acceptors (Lipinski definition) is 10. The Bertz CT molecular complexity index is 1910. The van der Waals surface area contributed by atoms with Gasteiger partial charge in [-0.25, -0.2) is 18.4 Å². The number of ether oxygens (including phenoxy) is 5. The van der Waals surface area contributed by atoms with E-state index in [-0.39, 0.29) is 89.6 Å². The Morgan fingerprint density at radius 3 is 1.67 bits per heavy atom. The molecule has 2 aromatic carbocycles. The monoisotopic (exact) mass is 858 g/mol. The van der Waals surface area contributed by atoms with E-state index in [0.717, 1.165) is 9.13 Å². The first-order valence-electron chi connectivity index (χ1n) is 15.0. The minimum Gasteiger partial charge on any atom is -0.410 e. The molecule has 2 unspecified atom stereocenters. The molecule has 2 fully saturated rings. The van der Waals surface area contributed by atoms with Crippen LogP contribution in [0.15, 0.2) is 80.5 Å². The van der Waals surface area contributed by atoms with E-state index in [2.05, 4.69) is 44.2 Å². The van der Waals surface area contributed by atoms with E-state index in [4.69, 9.17) is 23.7 Å². The van der Waals surface area contributed by atoms with Gasteiger partial charge in [0.2, 0.25) is 0 Å². The molecule has 6 rings (SSSR count). The molecule has 8 atom stereocenters. The van der Waals surface area contributed by atoms with Gasteiger partial charge in [0.15, 0.2) is 24.8 Å². The third-order valence-electron chi connectivity index (χ3n) is 7.49. The summed E-state index contributed by atoms with van der Waals surface area (Å²) in [5, 5.41) is 9.82. The van der Waals surface area contributed by atoms with E-state index in [0.29, 0.717) is 11.4 Å². The van der Waals surface area contributed by atoms with Crippen molar-refractivity contribution in [1.29, 1.82) is 0 Å². The summed E-state index contributed by atoms with van der Waals surface area (Å²) in [7, 11) is 4.30. The molecule has 0 spiro atoms. The van der Waals surface area contributed by atoms with Crippen molar-refractivity contribution in [3.05, 3.63) is 117 Å². The minimum atomic E-state index is -1.75. The molecule has 14 nitrogen and oxygen atoms in total. The van der Waals surface area contributed by atoms with Crippen LogP contribution in [0.2, 0.25) is 0 Å². The Balaban J connectivity index is 0.000000265. The van der Waals surface area contributed by atoms with Crippen LogP contribution in [0.25, 0.3) is 0 Å². The van der Waals surface area contributed by atoms with Crippen LogP contribution in [0.4, 0.5) is 20.2 Å². The second-order valence-electron chi connectivity index (χ2n) is 10.8. The fourth-order valence-corrected chi connectivity index (χ4v) is 5.16. The van der Waals surface area contributed by atoms with E-state index >= 15 is 0 Å². The number of aromatic nitrogens is 4. The van der Waals surface area contributed by atoms with Crippen LogP contribution in [0.1, 0.15) is 12.5 Å². The molecule has 2 aliphatic heterocycles. The quantitative estimate of drug-likeness (QED) is 0.211. The first-order chi connectivity index (χ1) is 23.7.